The Hall–Kier alpha value is -1.06. The molecule has 1 aliphatic heterocycles. The molecule has 1 atom stereocenters. The molecule has 2 rings (SSSR count). The fourth-order valence-corrected chi connectivity index (χ4v) is 2.83. The number of hydrogen-bond acceptors (Lipinski definition) is 3. The first-order valence-electron chi connectivity index (χ1n) is 8.46. The van der Waals surface area contributed by atoms with Crippen molar-refractivity contribution in [2.24, 2.45) is 5.92 Å². The lowest BCUT2D eigenvalue weighted by atomic mass is 10.1. The van der Waals surface area contributed by atoms with E-state index >= 15 is 0 Å². The van der Waals surface area contributed by atoms with Gasteiger partial charge in [-0.15, -0.1) is 0 Å². The molecule has 1 aromatic carbocycles. The highest BCUT2D eigenvalue weighted by Crippen LogP contribution is 2.15. The SMILES string of the molecule is CCCCOc1ccc(CNCC2CCN(CC)C2)cc1. The third kappa shape index (κ3) is 5.68. The van der Waals surface area contributed by atoms with Crippen molar-refractivity contribution < 1.29 is 4.74 Å². The Morgan fingerprint density at radius 1 is 1.24 bits per heavy atom. The summed E-state index contributed by atoms with van der Waals surface area (Å²) in [5.41, 5.74) is 1.34. The summed E-state index contributed by atoms with van der Waals surface area (Å²) < 4.78 is 5.69. The molecule has 0 aromatic heterocycles. The summed E-state index contributed by atoms with van der Waals surface area (Å²) in [7, 11) is 0. The third-order valence-corrected chi connectivity index (χ3v) is 4.27. The van der Waals surface area contributed by atoms with Crippen LogP contribution in [0.5, 0.6) is 5.75 Å². The van der Waals surface area contributed by atoms with Crippen LogP contribution in [0.1, 0.15) is 38.7 Å². The summed E-state index contributed by atoms with van der Waals surface area (Å²) in [6, 6.07) is 8.50. The van der Waals surface area contributed by atoms with Crippen LogP contribution >= 0.6 is 0 Å². The van der Waals surface area contributed by atoms with Crippen LogP contribution in [0.25, 0.3) is 0 Å². The van der Waals surface area contributed by atoms with Crippen LogP contribution in [0.3, 0.4) is 0 Å². The maximum absolute atomic E-state index is 5.69. The molecule has 3 heteroatoms. The molecule has 1 heterocycles. The van der Waals surface area contributed by atoms with E-state index in [9.17, 15) is 0 Å². The van der Waals surface area contributed by atoms with Gasteiger partial charge in [-0.1, -0.05) is 32.4 Å². The quantitative estimate of drug-likeness (QED) is 0.706. The van der Waals surface area contributed by atoms with Crippen LogP contribution in [0, 0.1) is 5.92 Å². The van der Waals surface area contributed by atoms with E-state index in [2.05, 4.69) is 48.3 Å². The van der Waals surface area contributed by atoms with Gasteiger partial charge in [0.1, 0.15) is 5.75 Å². The molecular weight excluding hydrogens is 260 g/mol. The zero-order valence-corrected chi connectivity index (χ0v) is 13.6. The summed E-state index contributed by atoms with van der Waals surface area (Å²) in [6.07, 6.45) is 3.64. The van der Waals surface area contributed by atoms with Gasteiger partial charge in [0, 0.05) is 13.1 Å². The molecule has 1 fully saturated rings. The van der Waals surface area contributed by atoms with E-state index in [4.69, 9.17) is 4.74 Å². The minimum absolute atomic E-state index is 0.821. The fraction of sp³-hybridized carbons (Fsp3) is 0.667. The monoisotopic (exact) mass is 290 g/mol. The summed E-state index contributed by atoms with van der Waals surface area (Å²) in [4.78, 5) is 2.54. The summed E-state index contributed by atoms with van der Waals surface area (Å²) in [6.45, 7) is 11.1. The van der Waals surface area contributed by atoms with Crippen molar-refractivity contribution in [1.82, 2.24) is 10.2 Å². The molecule has 1 N–H and O–H groups in total. The van der Waals surface area contributed by atoms with Crippen molar-refractivity contribution in [1.29, 1.82) is 0 Å². The maximum Gasteiger partial charge on any atom is 0.119 e. The highest BCUT2D eigenvalue weighted by atomic mass is 16.5. The second-order valence-corrected chi connectivity index (χ2v) is 6.02. The minimum Gasteiger partial charge on any atom is -0.494 e. The fourth-order valence-electron chi connectivity index (χ4n) is 2.83. The molecule has 0 aliphatic carbocycles. The molecule has 1 aromatic rings. The van der Waals surface area contributed by atoms with Crippen LogP contribution in [0.2, 0.25) is 0 Å². The van der Waals surface area contributed by atoms with Gasteiger partial charge in [-0.05, 0) is 56.1 Å². The molecule has 1 aliphatic rings. The second-order valence-electron chi connectivity index (χ2n) is 6.02. The highest BCUT2D eigenvalue weighted by molar-refractivity contribution is 5.27. The molecule has 0 saturated carbocycles. The van der Waals surface area contributed by atoms with Gasteiger partial charge in [0.25, 0.3) is 0 Å². The Bertz CT molecular complexity index is 391. The minimum atomic E-state index is 0.821. The number of benzene rings is 1. The van der Waals surface area contributed by atoms with E-state index < -0.39 is 0 Å². The number of nitrogens with one attached hydrogen (secondary N) is 1. The second kappa shape index (κ2) is 9.06. The van der Waals surface area contributed by atoms with Gasteiger partial charge in [0.05, 0.1) is 6.61 Å². The van der Waals surface area contributed by atoms with Crippen molar-refractivity contribution in [2.75, 3.05) is 32.8 Å². The maximum atomic E-state index is 5.69. The van der Waals surface area contributed by atoms with Crippen LogP contribution < -0.4 is 10.1 Å². The molecule has 0 amide bonds. The smallest absolute Gasteiger partial charge is 0.119 e. The molecular formula is C18H30N2O. The zero-order chi connectivity index (χ0) is 14.9. The lowest BCUT2D eigenvalue weighted by Crippen LogP contribution is -2.26. The largest absolute Gasteiger partial charge is 0.494 e. The Morgan fingerprint density at radius 2 is 2.05 bits per heavy atom. The van der Waals surface area contributed by atoms with E-state index in [-0.39, 0.29) is 0 Å². The Balaban J connectivity index is 1.64. The van der Waals surface area contributed by atoms with E-state index in [0.717, 1.165) is 37.8 Å². The van der Waals surface area contributed by atoms with Crippen molar-refractivity contribution >= 4 is 0 Å². The molecule has 0 radical (unpaired) electrons. The number of rotatable bonds is 9. The summed E-state index contributed by atoms with van der Waals surface area (Å²) >= 11 is 0. The standard InChI is InChI=1S/C18H30N2O/c1-3-5-12-21-18-8-6-16(7-9-18)13-19-14-17-10-11-20(4-2)15-17/h6-9,17,19H,3-5,10-15H2,1-2H3. The molecule has 0 bridgehead atoms. The van der Waals surface area contributed by atoms with Gasteiger partial charge in [-0.25, -0.2) is 0 Å². The molecule has 0 spiro atoms. The molecule has 1 unspecified atom stereocenters. The van der Waals surface area contributed by atoms with Crippen LogP contribution in [0.15, 0.2) is 24.3 Å². The van der Waals surface area contributed by atoms with Gasteiger partial charge in [-0.2, -0.15) is 0 Å². The number of unbranched alkanes of at least 4 members (excludes halogenated alkanes) is 1. The first-order chi connectivity index (χ1) is 10.3. The van der Waals surface area contributed by atoms with Crippen LogP contribution in [-0.4, -0.2) is 37.7 Å². The predicted octanol–water partition coefficient (Wildman–Crippen LogP) is 3.30. The average Bonchev–Trinajstić information content (AvgIpc) is 2.97. The Kier molecular flexibility index (Phi) is 7.04. The van der Waals surface area contributed by atoms with Gasteiger partial charge in [-0.3, -0.25) is 0 Å². The van der Waals surface area contributed by atoms with E-state index in [1.54, 1.807) is 0 Å². The topological polar surface area (TPSA) is 24.5 Å². The third-order valence-electron chi connectivity index (χ3n) is 4.27. The number of hydrogen-bond donors (Lipinski definition) is 1. The lowest BCUT2D eigenvalue weighted by molar-refractivity contribution is 0.309. The molecule has 1 saturated heterocycles. The van der Waals surface area contributed by atoms with Crippen molar-refractivity contribution in [3.8, 4) is 5.75 Å². The first kappa shape index (κ1) is 16.3. The summed E-state index contributed by atoms with van der Waals surface area (Å²) in [5, 5.41) is 3.59. The van der Waals surface area contributed by atoms with Crippen LogP contribution in [-0.2, 0) is 6.54 Å². The van der Waals surface area contributed by atoms with E-state index in [1.165, 1.54) is 38.0 Å². The number of likely N-dealkylation sites (tertiary alicyclic amines) is 1. The zero-order valence-electron chi connectivity index (χ0n) is 13.6. The molecule has 21 heavy (non-hydrogen) atoms. The molecule has 3 nitrogen and oxygen atoms in total. The Labute approximate surface area is 129 Å². The Morgan fingerprint density at radius 3 is 2.71 bits per heavy atom. The highest BCUT2D eigenvalue weighted by Gasteiger charge is 2.20. The summed E-state index contributed by atoms with van der Waals surface area (Å²) in [5.74, 6) is 1.81. The van der Waals surface area contributed by atoms with Gasteiger partial charge < -0.3 is 15.0 Å². The number of nitrogens with zero attached hydrogens (tertiary/aromatic N) is 1. The van der Waals surface area contributed by atoms with Gasteiger partial charge >= 0.3 is 0 Å². The van der Waals surface area contributed by atoms with Gasteiger partial charge in [0.2, 0.25) is 0 Å². The van der Waals surface area contributed by atoms with Crippen molar-refractivity contribution in [2.45, 2.75) is 39.7 Å². The van der Waals surface area contributed by atoms with E-state index in [0.29, 0.717) is 0 Å². The lowest BCUT2D eigenvalue weighted by Gasteiger charge is -2.14. The van der Waals surface area contributed by atoms with Crippen LogP contribution in [0.4, 0.5) is 0 Å². The number of ether oxygens (including phenoxy) is 1. The average molecular weight is 290 g/mol. The van der Waals surface area contributed by atoms with Gasteiger partial charge in [0.15, 0.2) is 0 Å². The normalized spacial score (nSPS) is 19.0. The molecule has 118 valence electrons. The van der Waals surface area contributed by atoms with Crippen molar-refractivity contribution in [3.63, 3.8) is 0 Å². The van der Waals surface area contributed by atoms with E-state index in [1.807, 2.05) is 0 Å². The predicted molar refractivity (Wildman–Crippen MR) is 88.8 cm³/mol. The first-order valence-corrected chi connectivity index (χ1v) is 8.46. The van der Waals surface area contributed by atoms with Crippen molar-refractivity contribution in [3.05, 3.63) is 29.8 Å².